The Balaban J connectivity index is 1.70. The van der Waals surface area contributed by atoms with Gasteiger partial charge in [0.25, 0.3) is 15.9 Å². The van der Waals surface area contributed by atoms with Crippen LogP contribution in [0.3, 0.4) is 0 Å². The molecule has 0 aliphatic heterocycles. The Hall–Kier alpha value is -2.05. The van der Waals surface area contributed by atoms with E-state index in [0.717, 1.165) is 25.7 Å². The van der Waals surface area contributed by atoms with Gasteiger partial charge in [-0.25, -0.2) is 8.42 Å². The number of carbonyl (C=O) groups excluding carboxylic acids is 1. The van der Waals surface area contributed by atoms with Gasteiger partial charge in [0.05, 0.1) is 10.6 Å². The summed E-state index contributed by atoms with van der Waals surface area (Å²) in [7, 11) is -2.20. The van der Waals surface area contributed by atoms with Gasteiger partial charge in [-0.15, -0.1) is 0 Å². The second kappa shape index (κ2) is 8.97. The summed E-state index contributed by atoms with van der Waals surface area (Å²) in [4.78, 5) is 12.7. The number of hydrogen-bond acceptors (Lipinski definition) is 3. The van der Waals surface area contributed by atoms with Gasteiger partial charge in [0.15, 0.2) is 0 Å². The number of anilines is 1. The molecule has 0 saturated heterocycles. The number of hydrogen-bond donors (Lipinski definition) is 1. The molecule has 0 radical (unpaired) electrons. The highest BCUT2D eigenvalue weighted by Gasteiger charge is 2.22. The molecule has 1 saturated carbocycles. The molecule has 3 rings (SSSR count). The summed E-state index contributed by atoms with van der Waals surface area (Å²) in [6, 6.07) is 12.9. The molecule has 0 aromatic heterocycles. The van der Waals surface area contributed by atoms with Crippen LogP contribution in [0, 0.1) is 0 Å². The van der Waals surface area contributed by atoms with Crippen LogP contribution in [0.2, 0.25) is 5.02 Å². The van der Waals surface area contributed by atoms with Gasteiger partial charge < -0.3 is 5.32 Å². The molecule has 1 N–H and O–H groups in total. The first kappa shape index (κ1) is 20.7. The molecule has 1 aliphatic carbocycles. The van der Waals surface area contributed by atoms with Gasteiger partial charge >= 0.3 is 0 Å². The molecule has 5 nitrogen and oxygen atoms in total. The fraction of sp³-hybridized carbons (Fsp3) is 0.381. The van der Waals surface area contributed by atoms with Crippen LogP contribution in [-0.4, -0.2) is 27.4 Å². The minimum absolute atomic E-state index is 0.110. The van der Waals surface area contributed by atoms with Gasteiger partial charge in [0.2, 0.25) is 0 Å². The highest BCUT2D eigenvalue weighted by molar-refractivity contribution is 7.92. The van der Waals surface area contributed by atoms with Crippen molar-refractivity contribution in [1.29, 1.82) is 0 Å². The predicted molar refractivity (Wildman–Crippen MR) is 112 cm³/mol. The van der Waals surface area contributed by atoms with Gasteiger partial charge in [-0.3, -0.25) is 9.10 Å². The number of halogens is 1. The molecule has 28 heavy (non-hydrogen) atoms. The third-order valence-electron chi connectivity index (χ3n) is 5.16. The third kappa shape index (κ3) is 4.86. The maximum atomic E-state index is 12.8. The number of nitrogens with one attached hydrogen (secondary N) is 1. The molecular weight excluding hydrogens is 396 g/mol. The topological polar surface area (TPSA) is 66.5 Å². The first-order chi connectivity index (χ1) is 13.4. The molecular formula is C21H25ClN2O3S. The van der Waals surface area contributed by atoms with Crippen molar-refractivity contribution in [1.82, 2.24) is 5.32 Å². The number of sulfonamides is 1. The summed E-state index contributed by atoms with van der Waals surface area (Å²) in [5, 5.41) is 3.58. The number of amides is 1. The van der Waals surface area contributed by atoms with Crippen LogP contribution in [0.1, 0.15) is 48.9 Å². The van der Waals surface area contributed by atoms with E-state index >= 15 is 0 Å². The number of nitrogens with zero attached hydrogens (tertiary/aromatic N) is 1. The molecule has 0 atom stereocenters. The van der Waals surface area contributed by atoms with Gasteiger partial charge in [-0.1, -0.05) is 37.3 Å². The Morgan fingerprint density at radius 1 is 0.964 bits per heavy atom. The molecule has 0 spiro atoms. The lowest BCUT2D eigenvalue weighted by molar-refractivity contribution is 0.0933. The average molecular weight is 421 g/mol. The van der Waals surface area contributed by atoms with E-state index in [2.05, 4.69) is 5.32 Å². The summed E-state index contributed by atoms with van der Waals surface area (Å²) in [5.41, 5.74) is 1.02. The molecule has 1 fully saturated rings. The van der Waals surface area contributed by atoms with Gasteiger partial charge in [0.1, 0.15) is 0 Å². The molecule has 1 aliphatic rings. The monoisotopic (exact) mass is 420 g/mol. The van der Waals surface area contributed by atoms with Crippen LogP contribution in [0.25, 0.3) is 0 Å². The predicted octanol–water partition coefficient (Wildman–Crippen LogP) is 4.62. The van der Waals surface area contributed by atoms with Crippen molar-refractivity contribution in [2.45, 2.75) is 49.5 Å². The fourth-order valence-corrected chi connectivity index (χ4v) is 4.74. The smallest absolute Gasteiger partial charge is 0.264 e. The van der Waals surface area contributed by atoms with E-state index in [1.54, 1.807) is 36.4 Å². The Labute approximate surface area is 171 Å². The Morgan fingerprint density at radius 2 is 1.54 bits per heavy atom. The molecule has 1 amide bonds. The summed E-state index contributed by atoms with van der Waals surface area (Å²) in [5.74, 6) is -0.110. The minimum Gasteiger partial charge on any atom is -0.349 e. The third-order valence-corrected chi connectivity index (χ3v) is 7.21. The van der Waals surface area contributed by atoms with Crippen LogP contribution in [0.5, 0.6) is 0 Å². The largest absolute Gasteiger partial charge is 0.349 e. The summed E-state index contributed by atoms with van der Waals surface area (Å²) >= 11 is 5.84. The van der Waals surface area contributed by atoms with E-state index in [4.69, 9.17) is 11.6 Å². The molecule has 150 valence electrons. The zero-order valence-electron chi connectivity index (χ0n) is 15.9. The number of carbonyl (C=O) groups is 1. The van der Waals surface area contributed by atoms with Gasteiger partial charge in [-0.05, 0) is 61.4 Å². The number of benzene rings is 2. The Bertz CT molecular complexity index is 904. The van der Waals surface area contributed by atoms with E-state index in [9.17, 15) is 13.2 Å². The van der Waals surface area contributed by atoms with Crippen LogP contribution in [-0.2, 0) is 10.0 Å². The second-order valence-electron chi connectivity index (χ2n) is 7.14. The van der Waals surface area contributed by atoms with Crippen molar-refractivity contribution in [2.24, 2.45) is 0 Å². The lowest BCUT2D eigenvalue weighted by Gasteiger charge is -2.20. The van der Waals surface area contributed by atoms with Gasteiger partial charge in [-0.2, -0.15) is 0 Å². The Kier molecular flexibility index (Phi) is 6.62. The van der Waals surface area contributed by atoms with E-state index < -0.39 is 10.0 Å². The first-order valence-corrected chi connectivity index (χ1v) is 11.3. The molecule has 0 heterocycles. The zero-order valence-corrected chi connectivity index (χ0v) is 17.5. The maximum Gasteiger partial charge on any atom is 0.264 e. The Morgan fingerprint density at radius 3 is 2.11 bits per heavy atom. The summed E-state index contributed by atoms with van der Waals surface area (Å²) in [6.45, 7) is 0. The van der Waals surface area contributed by atoms with Crippen LogP contribution in [0.15, 0.2) is 53.4 Å². The lowest BCUT2D eigenvalue weighted by atomic mass is 10.1. The molecule has 2 aromatic rings. The van der Waals surface area contributed by atoms with Crippen molar-refractivity contribution in [3.63, 3.8) is 0 Å². The SMILES string of the molecule is CN(c1ccc(C(=O)NC2CCCCCC2)cc1)S(=O)(=O)c1ccc(Cl)cc1. The van der Waals surface area contributed by atoms with E-state index in [0.29, 0.717) is 16.3 Å². The fourth-order valence-electron chi connectivity index (χ4n) is 3.42. The van der Waals surface area contributed by atoms with Crippen molar-refractivity contribution in [3.8, 4) is 0 Å². The number of rotatable bonds is 5. The summed E-state index contributed by atoms with van der Waals surface area (Å²) < 4.78 is 26.7. The zero-order chi connectivity index (χ0) is 20.1. The van der Waals surface area contributed by atoms with Crippen molar-refractivity contribution >= 4 is 33.2 Å². The average Bonchev–Trinajstić information content (AvgIpc) is 2.96. The molecule has 0 bridgehead atoms. The quantitative estimate of drug-likeness (QED) is 0.718. The van der Waals surface area contributed by atoms with Crippen LogP contribution in [0.4, 0.5) is 5.69 Å². The molecule has 7 heteroatoms. The highest BCUT2D eigenvalue weighted by atomic mass is 35.5. The van der Waals surface area contributed by atoms with Gasteiger partial charge in [0, 0.05) is 23.7 Å². The van der Waals surface area contributed by atoms with Crippen molar-refractivity contribution < 1.29 is 13.2 Å². The van der Waals surface area contributed by atoms with Crippen LogP contribution < -0.4 is 9.62 Å². The molecule has 0 unspecified atom stereocenters. The normalized spacial score (nSPS) is 15.6. The first-order valence-electron chi connectivity index (χ1n) is 9.53. The lowest BCUT2D eigenvalue weighted by Crippen LogP contribution is -2.34. The van der Waals surface area contributed by atoms with E-state index in [-0.39, 0.29) is 16.8 Å². The highest BCUT2D eigenvalue weighted by Crippen LogP contribution is 2.24. The van der Waals surface area contributed by atoms with Crippen LogP contribution >= 0.6 is 11.6 Å². The second-order valence-corrected chi connectivity index (χ2v) is 9.54. The van der Waals surface area contributed by atoms with E-state index in [1.165, 1.54) is 36.3 Å². The maximum absolute atomic E-state index is 12.8. The standard InChI is InChI=1S/C21H25ClN2O3S/c1-24(28(26,27)20-14-10-17(22)11-15-20)19-12-8-16(9-13-19)21(25)23-18-6-4-2-3-5-7-18/h8-15,18H,2-7H2,1H3,(H,23,25). The van der Waals surface area contributed by atoms with Crippen molar-refractivity contribution in [3.05, 3.63) is 59.1 Å². The summed E-state index contributed by atoms with van der Waals surface area (Å²) in [6.07, 6.45) is 6.80. The van der Waals surface area contributed by atoms with E-state index in [1.807, 2.05) is 0 Å². The molecule has 2 aromatic carbocycles. The minimum atomic E-state index is -3.69. The van der Waals surface area contributed by atoms with Crippen molar-refractivity contribution in [2.75, 3.05) is 11.4 Å².